The summed E-state index contributed by atoms with van der Waals surface area (Å²) in [5, 5.41) is -0.521. The van der Waals surface area contributed by atoms with Gasteiger partial charge in [0.15, 0.2) is 0 Å². The second-order valence-electron chi connectivity index (χ2n) is 2.95. The molecule has 0 aliphatic rings. The van der Waals surface area contributed by atoms with Crippen LogP contribution < -0.4 is 0 Å². The Balaban J connectivity index is 3.37. The molecule has 0 aromatic rings. The molecule has 0 rings (SSSR count). The molecule has 0 saturated carbocycles. The molecule has 0 fully saturated rings. The zero-order chi connectivity index (χ0) is 6.62. The molecule has 0 radical (unpaired) electrons. The minimum absolute atomic E-state index is 0.249. The van der Waals surface area contributed by atoms with E-state index in [0.29, 0.717) is 0 Å². The molecule has 47 valence electrons. The molecule has 2 heteroatoms. The van der Waals surface area contributed by atoms with Crippen LogP contribution in [-0.4, -0.2) is 5.26 Å². The van der Waals surface area contributed by atoms with E-state index in [1.54, 1.807) is 0 Å². The molecule has 0 bridgehead atoms. The van der Waals surface area contributed by atoms with Gasteiger partial charge in [-0.05, 0) is 0 Å². The molecular formula is C6H16ScSi. The molecule has 0 N–H and O–H groups in total. The van der Waals surface area contributed by atoms with Gasteiger partial charge in [-0.1, -0.05) is 0 Å². The van der Waals surface area contributed by atoms with E-state index in [9.17, 15) is 0 Å². The maximum absolute atomic E-state index is 2.54. The Kier molecular flexibility index (Phi) is 4.53. The molecule has 0 spiro atoms. The van der Waals surface area contributed by atoms with Crippen LogP contribution >= 0.6 is 0 Å². The summed E-state index contributed by atoms with van der Waals surface area (Å²) >= 11 is 0.249. The average molecular weight is 161 g/mol. The molecule has 0 aliphatic carbocycles. The van der Waals surface area contributed by atoms with Crippen molar-refractivity contribution in [1.29, 1.82) is 0 Å². The van der Waals surface area contributed by atoms with E-state index in [-0.39, 0.29) is 22.1 Å². The molecule has 0 aromatic heterocycles. The van der Waals surface area contributed by atoms with Crippen molar-refractivity contribution in [3.63, 3.8) is 0 Å². The second kappa shape index (κ2) is 3.99. The normalized spacial score (nSPS) is 11.0. The van der Waals surface area contributed by atoms with Crippen molar-refractivity contribution < 1.29 is 22.1 Å². The fourth-order valence-corrected chi connectivity index (χ4v) is 8.62. The minimum atomic E-state index is -0.521. The first-order valence-electron chi connectivity index (χ1n) is 3.46. The van der Waals surface area contributed by atoms with E-state index in [0.717, 1.165) is 0 Å². The van der Waals surface area contributed by atoms with Gasteiger partial charge in [0.2, 0.25) is 0 Å². The number of hydrogen-bond acceptors (Lipinski definition) is 0. The molecule has 8 heavy (non-hydrogen) atoms. The fraction of sp³-hybridized carbons (Fsp3) is 1.00. The predicted molar refractivity (Wildman–Crippen MR) is 38.4 cm³/mol. The van der Waals surface area contributed by atoms with Crippen LogP contribution in [0.1, 0.15) is 13.8 Å². The van der Waals surface area contributed by atoms with Crippen LogP contribution in [0.4, 0.5) is 0 Å². The van der Waals surface area contributed by atoms with Crippen molar-refractivity contribution in [2.45, 2.75) is 37.2 Å². The van der Waals surface area contributed by atoms with E-state index >= 15 is 0 Å². The Bertz CT molecular complexity index is 61.5. The third-order valence-electron chi connectivity index (χ3n) is 1.67. The first-order valence-corrected chi connectivity index (χ1v) is 10.7. The van der Waals surface area contributed by atoms with Crippen LogP contribution in [0.3, 0.4) is 0 Å². The monoisotopic (exact) mass is 161 g/mol. The van der Waals surface area contributed by atoms with Gasteiger partial charge in [-0.25, -0.2) is 0 Å². The molecule has 0 unspecified atom stereocenters. The van der Waals surface area contributed by atoms with E-state index in [1.165, 1.54) is 10.2 Å². The summed E-state index contributed by atoms with van der Waals surface area (Å²) in [6.45, 7) is 9.79. The van der Waals surface area contributed by atoms with Crippen LogP contribution in [0.25, 0.3) is 0 Å². The first kappa shape index (κ1) is 9.09. The van der Waals surface area contributed by atoms with Gasteiger partial charge >= 0.3 is 64.5 Å². The second-order valence-corrected chi connectivity index (χ2v) is 18.6. The molecule has 0 atom stereocenters. The average Bonchev–Trinajstić information content (AvgIpc) is 1.67. The Labute approximate surface area is 64.4 Å². The summed E-state index contributed by atoms with van der Waals surface area (Å²) in [4.78, 5) is 0. The summed E-state index contributed by atoms with van der Waals surface area (Å²) in [6.07, 6.45) is 0. The third kappa shape index (κ3) is 4.02. The molecule has 0 heterocycles. The summed E-state index contributed by atoms with van der Waals surface area (Å²) in [5.74, 6) is 0. The Hall–Kier alpha value is 1.09. The van der Waals surface area contributed by atoms with Crippen molar-refractivity contribution in [3.05, 3.63) is 0 Å². The van der Waals surface area contributed by atoms with Gasteiger partial charge in [-0.2, -0.15) is 0 Å². The number of hydrogen-bond donors (Lipinski definition) is 0. The van der Waals surface area contributed by atoms with Crippen molar-refractivity contribution in [1.82, 2.24) is 0 Å². The van der Waals surface area contributed by atoms with Crippen LogP contribution in [-0.2, 0) is 22.1 Å². The van der Waals surface area contributed by atoms with Gasteiger partial charge in [0.1, 0.15) is 0 Å². The maximum atomic E-state index is 2.54. The van der Waals surface area contributed by atoms with Gasteiger partial charge in [-0.3, -0.25) is 0 Å². The Morgan fingerprint density at radius 1 is 1.25 bits per heavy atom. The topological polar surface area (TPSA) is 0 Å². The zero-order valence-electron chi connectivity index (χ0n) is 6.49. The van der Waals surface area contributed by atoms with E-state index in [4.69, 9.17) is 0 Å². The molecule has 0 aliphatic heterocycles. The number of rotatable bonds is 3. The standard InChI is InChI=1S/C4H11Si.C2H5.Sc/c1-4-5(2)3;1-2;/h4H2,1-3H3;1H2,2H3;. The van der Waals surface area contributed by atoms with E-state index in [1.807, 2.05) is 0 Å². The molecular weight excluding hydrogens is 145 g/mol. The van der Waals surface area contributed by atoms with Crippen LogP contribution in [0.5, 0.6) is 0 Å². The van der Waals surface area contributed by atoms with Gasteiger partial charge < -0.3 is 0 Å². The van der Waals surface area contributed by atoms with Gasteiger partial charge in [-0.15, -0.1) is 0 Å². The van der Waals surface area contributed by atoms with Gasteiger partial charge in [0, 0.05) is 0 Å². The van der Waals surface area contributed by atoms with Gasteiger partial charge in [0.25, 0.3) is 0 Å². The van der Waals surface area contributed by atoms with Crippen molar-refractivity contribution in [2.24, 2.45) is 0 Å². The summed E-state index contributed by atoms with van der Waals surface area (Å²) in [7, 11) is 0. The van der Waals surface area contributed by atoms with Crippen molar-refractivity contribution >= 4 is 5.26 Å². The van der Waals surface area contributed by atoms with E-state index in [2.05, 4.69) is 26.9 Å². The molecule has 0 saturated heterocycles. The van der Waals surface area contributed by atoms with Crippen LogP contribution in [0.2, 0.25) is 23.3 Å². The van der Waals surface area contributed by atoms with Gasteiger partial charge in [0.05, 0.1) is 0 Å². The third-order valence-corrected chi connectivity index (χ3v) is 14.0. The SMILES string of the molecule is C[CH2][Sc][Si](C)(C)CC. The summed E-state index contributed by atoms with van der Waals surface area (Å²) in [5.41, 5.74) is 0. The molecule has 0 aromatic carbocycles. The molecule has 0 nitrogen and oxygen atoms in total. The summed E-state index contributed by atoms with van der Waals surface area (Å²) < 4.78 is 1.54. The van der Waals surface area contributed by atoms with Crippen LogP contribution in [0.15, 0.2) is 0 Å². The van der Waals surface area contributed by atoms with E-state index < -0.39 is 5.26 Å². The predicted octanol–water partition coefficient (Wildman–Crippen LogP) is 2.73. The summed E-state index contributed by atoms with van der Waals surface area (Å²) in [6, 6.07) is 1.51. The quantitative estimate of drug-likeness (QED) is 0.558. The van der Waals surface area contributed by atoms with Crippen molar-refractivity contribution in [2.75, 3.05) is 0 Å². The Morgan fingerprint density at radius 2 is 1.75 bits per heavy atom. The first-order chi connectivity index (χ1) is 3.62. The molecule has 0 amide bonds. The fourth-order valence-electron chi connectivity index (χ4n) is 0.697. The van der Waals surface area contributed by atoms with Crippen LogP contribution in [0, 0.1) is 0 Å². The Morgan fingerprint density at radius 3 is 1.88 bits per heavy atom. The zero-order valence-corrected chi connectivity index (χ0v) is 9.29. The van der Waals surface area contributed by atoms with Crippen molar-refractivity contribution in [3.8, 4) is 0 Å².